The molecule has 2 aliphatic rings. The number of oxime groups is 1. The smallest absolute Gasteiger partial charge is 0.267 e. The molecule has 1 aromatic carbocycles. The first-order chi connectivity index (χ1) is 11.7. The van der Waals surface area contributed by atoms with Crippen LogP contribution >= 0.6 is 0 Å². The zero-order valence-corrected chi connectivity index (χ0v) is 14.1. The summed E-state index contributed by atoms with van der Waals surface area (Å²) < 4.78 is 0. The van der Waals surface area contributed by atoms with Gasteiger partial charge in [-0.15, -0.1) is 6.58 Å². The van der Waals surface area contributed by atoms with E-state index in [9.17, 15) is 4.79 Å². The summed E-state index contributed by atoms with van der Waals surface area (Å²) in [5.74, 6) is 0.0329. The molecule has 0 aromatic heterocycles. The molecule has 0 bridgehead atoms. The van der Waals surface area contributed by atoms with E-state index < -0.39 is 6.10 Å². The lowest BCUT2D eigenvalue weighted by Crippen LogP contribution is -2.51. The van der Waals surface area contributed by atoms with Crippen molar-refractivity contribution in [3.8, 4) is 0 Å². The van der Waals surface area contributed by atoms with Crippen molar-refractivity contribution in [2.24, 2.45) is 5.16 Å². The highest BCUT2D eigenvalue weighted by atomic mass is 16.6. The summed E-state index contributed by atoms with van der Waals surface area (Å²) in [4.78, 5) is 20.4. The fourth-order valence-electron chi connectivity index (χ4n) is 3.42. The number of hydrogen-bond acceptors (Lipinski definition) is 3. The van der Waals surface area contributed by atoms with Crippen LogP contribution < -0.4 is 0 Å². The highest BCUT2D eigenvalue weighted by Crippen LogP contribution is 2.25. The van der Waals surface area contributed by atoms with Crippen molar-refractivity contribution < 1.29 is 9.63 Å². The zero-order valence-electron chi connectivity index (χ0n) is 14.1. The predicted molar refractivity (Wildman–Crippen MR) is 95.7 cm³/mol. The van der Waals surface area contributed by atoms with Crippen LogP contribution in [0.5, 0.6) is 0 Å². The third-order valence-corrected chi connectivity index (χ3v) is 4.60. The third-order valence-electron chi connectivity index (χ3n) is 4.60. The number of nitrogens with zero attached hydrogens (tertiary/aromatic N) is 2. The predicted octanol–water partition coefficient (Wildman–Crippen LogP) is 3.50. The maximum absolute atomic E-state index is 13.0. The topological polar surface area (TPSA) is 41.9 Å². The second kappa shape index (κ2) is 7.47. The summed E-state index contributed by atoms with van der Waals surface area (Å²) in [7, 11) is 0. The van der Waals surface area contributed by atoms with Gasteiger partial charge in [-0.3, -0.25) is 4.79 Å². The van der Waals surface area contributed by atoms with Crippen molar-refractivity contribution >= 4 is 11.6 Å². The Morgan fingerprint density at radius 3 is 2.96 bits per heavy atom. The van der Waals surface area contributed by atoms with Gasteiger partial charge in [0.1, 0.15) is 0 Å². The monoisotopic (exact) mass is 324 g/mol. The van der Waals surface area contributed by atoms with Crippen LogP contribution in [0.15, 0.2) is 60.3 Å². The van der Waals surface area contributed by atoms with Crippen LogP contribution in [0.3, 0.4) is 0 Å². The van der Waals surface area contributed by atoms with E-state index in [0.717, 1.165) is 25.0 Å². The van der Waals surface area contributed by atoms with Crippen molar-refractivity contribution in [2.75, 3.05) is 0 Å². The lowest BCUT2D eigenvalue weighted by Gasteiger charge is -2.38. The molecule has 24 heavy (non-hydrogen) atoms. The maximum atomic E-state index is 13.0. The molecular formula is C20H24N2O2. The summed E-state index contributed by atoms with van der Waals surface area (Å²) in [5, 5.41) is 4.16. The van der Waals surface area contributed by atoms with Crippen LogP contribution in [0.4, 0.5) is 0 Å². The van der Waals surface area contributed by atoms with Gasteiger partial charge in [0.2, 0.25) is 6.10 Å². The zero-order chi connectivity index (χ0) is 16.9. The van der Waals surface area contributed by atoms with Gasteiger partial charge >= 0.3 is 0 Å². The summed E-state index contributed by atoms with van der Waals surface area (Å²) in [6.07, 6.45) is 8.58. The number of carbonyl (C=O) groups is 1. The second-order valence-electron chi connectivity index (χ2n) is 6.45. The minimum absolute atomic E-state index is 0.0329. The SMILES string of the molecule is C=CC[C@@H]1CC=C[C@@H](C)N1C(=O)C1CC(Cc2ccccc2)=NO1. The van der Waals surface area contributed by atoms with Crippen LogP contribution in [-0.2, 0) is 16.1 Å². The molecule has 2 heterocycles. The molecule has 0 aliphatic carbocycles. The van der Waals surface area contributed by atoms with Crippen LogP contribution in [0, 0.1) is 0 Å². The molecule has 0 radical (unpaired) electrons. The Bertz CT molecular complexity index is 651. The first kappa shape index (κ1) is 16.5. The van der Waals surface area contributed by atoms with Crippen LogP contribution in [-0.4, -0.2) is 34.7 Å². The molecule has 126 valence electrons. The third kappa shape index (κ3) is 3.58. The van der Waals surface area contributed by atoms with Crippen molar-refractivity contribution in [1.82, 2.24) is 4.90 Å². The highest BCUT2D eigenvalue weighted by Gasteiger charge is 2.37. The molecule has 3 rings (SSSR count). The first-order valence-electron chi connectivity index (χ1n) is 8.54. The van der Waals surface area contributed by atoms with Gasteiger partial charge < -0.3 is 9.74 Å². The van der Waals surface area contributed by atoms with E-state index in [2.05, 4.69) is 36.0 Å². The molecule has 3 atom stereocenters. The lowest BCUT2D eigenvalue weighted by molar-refractivity contribution is -0.146. The van der Waals surface area contributed by atoms with E-state index in [1.54, 1.807) is 0 Å². The molecule has 2 aliphatic heterocycles. The summed E-state index contributed by atoms with van der Waals surface area (Å²) in [6.45, 7) is 5.86. The van der Waals surface area contributed by atoms with Gasteiger partial charge in [-0.05, 0) is 25.3 Å². The molecule has 0 fully saturated rings. The molecule has 1 amide bonds. The molecule has 0 saturated heterocycles. The Kier molecular flexibility index (Phi) is 5.14. The minimum atomic E-state index is -0.495. The number of benzene rings is 1. The molecule has 4 nitrogen and oxygen atoms in total. The fourth-order valence-corrected chi connectivity index (χ4v) is 3.42. The van der Waals surface area contributed by atoms with E-state index >= 15 is 0 Å². The minimum Gasteiger partial charge on any atom is -0.382 e. The van der Waals surface area contributed by atoms with Gasteiger partial charge in [0.15, 0.2) is 0 Å². The Labute approximate surface area is 143 Å². The first-order valence-corrected chi connectivity index (χ1v) is 8.54. The Hall–Kier alpha value is -2.36. The molecule has 1 aromatic rings. The normalized spacial score (nSPS) is 26.0. The average molecular weight is 324 g/mol. The number of rotatable bonds is 5. The maximum Gasteiger partial charge on any atom is 0.267 e. The van der Waals surface area contributed by atoms with Crippen LogP contribution in [0.1, 0.15) is 31.7 Å². The Balaban J connectivity index is 1.64. The number of amides is 1. The van der Waals surface area contributed by atoms with Crippen molar-refractivity contribution in [1.29, 1.82) is 0 Å². The largest absolute Gasteiger partial charge is 0.382 e. The van der Waals surface area contributed by atoms with Gasteiger partial charge in [-0.1, -0.05) is 53.7 Å². The number of hydrogen-bond donors (Lipinski definition) is 0. The molecule has 1 unspecified atom stereocenters. The van der Waals surface area contributed by atoms with Gasteiger partial charge in [0.05, 0.1) is 5.71 Å². The summed E-state index contributed by atoms with van der Waals surface area (Å²) in [6, 6.07) is 10.4. The average Bonchev–Trinajstić information content (AvgIpc) is 3.04. The molecule has 4 heteroatoms. The standard InChI is InChI=1S/C20H24N2O2/c1-3-8-18-12-7-9-15(2)22(18)20(23)19-14-17(21-24-19)13-16-10-5-4-6-11-16/h3-7,9-11,15,18-19H,1,8,12-14H2,2H3/t15-,18-,19?/m1/s1. The van der Waals surface area contributed by atoms with Crippen molar-refractivity contribution in [3.63, 3.8) is 0 Å². The van der Waals surface area contributed by atoms with E-state index in [1.807, 2.05) is 36.1 Å². The van der Waals surface area contributed by atoms with Crippen LogP contribution in [0.25, 0.3) is 0 Å². The van der Waals surface area contributed by atoms with Crippen LogP contribution in [0.2, 0.25) is 0 Å². The molecule has 0 spiro atoms. The van der Waals surface area contributed by atoms with Gasteiger partial charge in [-0.25, -0.2) is 0 Å². The Morgan fingerprint density at radius 1 is 1.42 bits per heavy atom. The van der Waals surface area contributed by atoms with E-state index in [1.165, 1.54) is 5.56 Å². The van der Waals surface area contributed by atoms with E-state index in [0.29, 0.717) is 6.42 Å². The Morgan fingerprint density at radius 2 is 2.21 bits per heavy atom. The van der Waals surface area contributed by atoms with E-state index in [-0.39, 0.29) is 18.0 Å². The second-order valence-corrected chi connectivity index (χ2v) is 6.45. The van der Waals surface area contributed by atoms with Gasteiger partial charge in [0.25, 0.3) is 5.91 Å². The van der Waals surface area contributed by atoms with Crippen molar-refractivity contribution in [3.05, 3.63) is 60.7 Å². The van der Waals surface area contributed by atoms with E-state index in [4.69, 9.17) is 4.84 Å². The quantitative estimate of drug-likeness (QED) is 0.778. The molecule has 0 saturated carbocycles. The molecular weight excluding hydrogens is 300 g/mol. The molecule has 0 N–H and O–H groups in total. The van der Waals surface area contributed by atoms with Gasteiger partial charge in [0, 0.05) is 24.9 Å². The fraction of sp³-hybridized carbons (Fsp3) is 0.400. The highest BCUT2D eigenvalue weighted by molar-refractivity contribution is 5.94. The van der Waals surface area contributed by atoms with Crippen molar-refractivity contribution in [2.45, 2.75) is 50.8 Å². The lowest BCUT2D eigenvalue weighted by atomic mass is 9.98. The van der Waals surface area contributed by atoms with Gasteiger partial charge in [-0.2, -0.15) is 0 Å². The summed E-state index contributed by atoms with van der Waals surface area (Å²) >= 11 is 0. The number of carbonyl (C=O) groups excluding carboxylic acids is 1. The summed E-state index contributed by atoms with van der Waals surface area (Å²) in [5.41, 5.74) is 2.12.